The molecule has 0 spiro atoms. The number of nitrogens with one attached hydrogen (secondary N) is 1. The van der Waals surface area contributed by atoms with Gasteiger partial charge in [-0.1, -0.05) is 13.3 Å². The van der Waals surface area contributed by atoms with E-state index in [2.05, 4.69) is 12.3 Å². The van der Waals surface area contributed by atoms with Crippen LogP contribution in [0.4, 0.5) is 0 Å². The van der Waals surface area contributed by atoms with Crippen LogP contribution in [0.2, 0.25) is 0 Å². The number of hydrazine groups is 1. The van der Waals surface area contributed by atoms with Gasteiger partial charge in [0.25, 0.3) is 0 Å². The van der Waals surface area contributed by atoms with Gasteiger partial charge in [0.15, 0.2) is 0 Å². The summed E-state index contributed by atoms with van der Waals surface area (Å²) in [4.78, 5) is 10.7. The summed E-state index contributed by atoms with van der Waals surface area (Å²) in [6.45, 7) is 3.73. The van der Waals surface area contributed by atoms with Gasteiger partial charge in [-0.3, -0.25) is 10.2 Å². The van der Waals surface area contributed by atoms with E-state index in [9.17, 15) is 4.79 Å². The van der Waals surface area contributed by atoms with Crippen LogP contribution < -0.4 is 11.3 Å². The smallest absolute Gasteiger partial charge is 0.233 e. The third-order valence-corrected chi connectivity index (χ3v) is 1.70. The highest BCUT2D eigenvalue weighted by atomic mass is 16.5. The average Bonchev–Trinajstić information content (AvgIpc) is 2.16. The van der Waals surface area contributed by atoms with E-state index in [0.29, 0.717) is 6.42 Å². The molecule has 4 nitrogen and oxygen atoms in total. The molecule has 0 saturated heterocycles. The van der Waals surface area contributed by atoms with E-state index >= 15 is 0 Å². The Labute approximate surface area is 79.8 Å². The molecule has 0 heterocycles. The third-order valence-electron chi connectivity index (χ3n) is 1.70. The number of rotatable bonds is 8. The summed E-state index contributed by atoms with van der Waals surface area (Å²) in [6, 6.07) is 0. The first kappa shape index (κ1) is 12.4. The van der Waals surface area contributed by atoms with Crippen LogP contribution >= 0.6 is 0 Å². The Hall–Kier alpha value is -0.610. The van der Waals surface area contributed by atoms with Crippen molar-refractivity contribution in [1.82, 2.24) is 5.43 Å². The number of ether oxygens (including phenoxy) is 1. The molecule has 0 aromatic heterocycles. The van der Waals surface area contributed by atoms with Crippen molar-refractivity contribution in [2.24, 2.45) is 5.84 Å². The molecular formula is C9H20N2O2. The second-order valence-corrected chi connectivity index (χ2v) is 2.99. The molecule has 1 amide bonds. The lowest BCUT2D eigenvalue weighted by Gasteiger charge is -2.02. The summed E-state index contributed by atoms with van der Waals surface area (Å²) in [7, 11) is 0. The first-order valence-electron chi connectivity index (χ1n) is 4.88. The van der Waals surface area contributed by atoms with Crippen LogP contribution in [0, 0.1) is 0 Å². The number of amides is 1. The number of hydrogen-bond donors (Lipinski definition) is 2. The van der Waals surface area contributed by atoms with Crippen LogP contribution in [0.25, 0.3) is 0 Å². The quantitative estimate of drug-likeness (QED) is 0.258. The van der Waals surface area contributed by atoms with Crippen molar-refractivity contribution in [1.29, 1.82) is 0 Å². The second-order valence-electron chi connectivity index (χ2n) is 2.99. The SMILES string of the molecule is CCCOCCCCCC(=O)NN. The highest BCUT2D eigenvalue weighted by Gasteiger charge is 1.96. The van der Waals surface area contributed by atoms with E-state index in [-0.39, 0.29) is 5.91 Å². The molecule has 78 valence electrons. The molecule has 0 rings (SSSR count). The molecule has 0 saturated carbocycles. The molecule has 0 aliphatic rings. The molecular weight excluding hydrogens is 168 g/mol. The Bertz CT molecular complexity index is 129. The van der Waals surface area contributed by atoms with Gasteiger partial charge >= 0.3 is 0 Å². The minimum absolute atomic E-state index is 0.0884. The molecule has 0 fully saturated rings. The number of nitrogens with two attached hydrogens (primary N) is 1. The van der Waals surface area contributed by atoms with Crippen LogP contribution in [0.3, 0.4) is 0 Å². The molecule has 4 heteroatoms. The minimum Gasteiger partial charge on any atom is -0.381 e. The normalized spacial score (nSPS) is 10.0. The van der Waals surface area contributed by atoms with Crippen LogP contribution in [-0.2, 0) is 9.53 Å². The Morgan fingerprint density at radius 3 is 2.69 bits per heavy atom. The summed E-state index contributed by atoms with van der Waals surface area (Å²) in [5.41, 5.74) is 2.11. The average molecular weight is 188 g/mol. The maximum absolute atomic E-state index is 10.7. The number of unbranched alkanes of at least 4 members (excludes halogenated alkanes) is 2. The van der Waals surface area contributed by atoms with Gasteiger partial charge in [0.2, 0.25) is 5.91 Å². The zero-order valence-electron chi connectivity index (χ0n) is 8.34. The van der Waals surface area contributed by atoms with Gasteiger partial charge in [0.1, 0.15) is 0 Å². The standard InChI is InChI=1S/C9H20N2O2/c1-2-7-13-8-5-3-4-6-9(12)11-10/h2-8,10H2,1H3,(H,11,12). The third kappa shape index (κ3) is 9.30. The van der Waals surface area contributed by atoms with E-state index in [1.807, 2.05) is 0 Å². The van der Waals surface area contributed by atoms with Crippen molar-refractivity contribution in [2.45, 2.75) is 39.0 Å². The summed E-state index contributed by atoms with van der Waals surface area (Å²) in [5.74, 6) is 4.84. The molecule has 0 aliphatic heterocycles. The maximum Gasteiger partial charge on any atom is 0.233 e. The van der Waals surface area contributed by atoms with Crippen molar-refractivity contribution in [3.63, 3.8) is 0 Å². The van der Waals surface area contributed by atoms with Crippen molar-refractivity contribution >= 4 is 5.91 Å². The van der Waals surface area contributed by atoms with Gasteiger partial charge < -0.3 is 4.74 Å². The fraction of sp³-hybridized carbons (Fsp3) is 0.889. The Morgan fingerprint density at radius 1 is 1.31 bits per heavy atom. The van der Waals surface area contributed by atoms with E-state index in [1.54, 1.807) is 0 Å². The maximum atomic E-state index is 10.7. The van der Waals surface area contributed by atoms with Crippen LogP contribution in [0.1, 0.15) is 39.0 Å². The summed E-state index contributed by atoms with van der Waals surface area (Å²) < 4.78 is 5.29. The molecule has 0 unspecified atom stereocenters. The van der Waals surface area contributed by atoms with E-state index < -0.39 is 0 Å². The lowest BCUT2D eigenvalue weighted by atomic mass is 10.2. The van der Waals surface area contributed by atoms with Gasteiger partial charge in [-0.25, -0.2) is 5.84 Å². The van der Waals surface area contributed by atoms with Crippen molar-refractivity contribution in [2.75, 3.05) is 13.2 Å². The zero-order chi connectivity index (χ0) is 9.94. The van der Waals surface area contributed by atoms with Crippen LogP contribution in [-0.4, -0.2) is 19.1 Å². The molecule has 0 aliphatic carbocycles. The Balaban J connectivity index is 2.95. The van der Waals surface area contributed by atoms with Crippen molar-refractivity contribution in [3.05, 3.63) is 0 Å². The predicted octanol–water partition coefficient (Wildman–Crippen LogP) is 0.963. The first-order valence-corrected chi connectivity index (χ1v) is 4.88. The lowest BCUT2D eigenvalue weighted by Crippen LogP contribution is -2.29. The minimum atomic E-state index is -0.0884. The summed E-state index contributed by atoms with van der Waals surface area (Å²) in [6.07, 6.45) is 4.52. The largest absolute Gasteiger partial charge is 0.381 e. The zero-order valence-corrected chi connectivity index (χ0v) is 8.34. The predicted molar refractivity (Wildman–Crippen MR) is 51.9 cm³/mol. The highest BCUT2D eigenvalue weighted by molar-refractivity contribution is 5.74. The molecule has 0 aromatic carbocycles. The fourth-order valence-electron chi connectivity index (χ4n) is 0.985. The Kier molecular flexibility index (Phi) is 9.03. The lowest BCUT2D eigenvalue weighted by molar-refractivity contribution is -0.121. The van der Waals surface area contributed by atoms with Gasteiger partial charge in [-0.2, -0.15) is 0 Å². The topological polar surface area (TPSA) is 64.3 Å². The van der Waals surface area contributed by atoms with Gasteiger partial charge in [0, 0.05) is 19.6 Å². The highest BCUT2D eigenvalue weighted by Crippen LogP contribution is 1.99. The molecule has 0 radical (unpaired) electrons. The van der Waals surface area contributed by atoms with Gasteiger partial charge in [-0.05, 0) is 19.3 Å². The monoisotopic (exact) mass is 188 g/mol. The van der Waals surface area contributed by atoms with E-state index in [0.717, 1.165) is 38.9 Å². The van der Waals surface area contributed by atoms with Crippen molar-refractivity contribution in [3.8, 4) is 0 Å². The summed E-state index contributed by atoms with van der Waals surface area (Å²) >= 11 is 0. The van der Waals surface area contributed by atoms with Crippen LogP contribution in [0.15, 0.2) is 0 Å². The second kappa shape index (κ2) is 9.48. The van der Waals surface area contributed by atoms with Gasteiger partial charge in [0.05, 0.1) is 0 Å². The number of hydrogen-bond acceptors (Lipinski definition) is 3. The number of carbonyl (C=O) groups is 1. The summed E-state index contributed by atoms with van der Waals surface area (Å²) in [5, 5.41) is 0. The number of carbonyl (C=O) groups excluding carboxylic acids is 1. The molecule has 0 bridgehead atoms. The molecule has 0 atom stereocenters. The fourth-order valence-corrected chi connectivity index (χ4v) is 0.985. The van der Waals surface area contributed by atoms with E-state index in [4.69, 9.17) is 10.6 Å². The van der Waals surface area contributed by atoms with E-state index in [1.165, 1.54) is 0 Å². The molecule has 13 heavy (non-hydrogen) atoms. The Morgan fingerprint density at radius 2 is 2.08 bits per heavy atom. The molecule has 0 aromatic rings. The van der Waals surface area contributed by atoms with Crippen molar-refractivity contribution < 1.29 is 9.53 Å². The van der Waals surface area contributed by atoms with Gasteiger partial charge in [-0.15, -0.1) is 0 Å². The first-order chi connectivity index (χ1) is 6.31. The van der Waals surface area contributed by atoms with Crippen LogP contribution in [0.5, 0.6) is 0 Å². The molecule has 3 N–H and O–H groups in total.